The molecule has 2 N–H and O–H groups in total. The summed E-state index contributed by atoms with van der Waals surface area (Å²) in [5.74, 6) is 0.484. The summed E-state index contributed by atoms with van der Waals surface area (Å²) in [6.07, 6.45) is 3.89. The number of aryl methyl sites for hydroxylation is 1. The molecule has 108 valence electrons. The lowest BCUT2D eigenvalue weighted by Gasteiger charge is -2.24. The van der Waals surface area contributed by atoms with E-state index in [1.165, 1.54) is 0 Å². The first-order valence-corrected chi connectivity index (χ1v) is 7.19. The van der Waals surface area contributed by atoms with E-state index in [4.69, 9.17) is 5.73 Å². The highest BCUT2D eigenvalue weighted by molar-refractivity contribution is 5.97. The number of anilines is 1. The first-order chi connectivity index (χ1) is 9.07. The number of hydrogen-bond acceptors (Lipinski definition) is 3. The van der Waals surface area contributed by atoms with Gasteiger partial charge in [-0.15, -0.1) is 0 Å². The van der Waals surface area contributed by atoms with E-state index < -0.39 is 0 Å². The van der Waals surface area contributed by atoms with Gasteiger partial charge in [-0.25, -0.2) is 0 Å². The molecule has 1 aromatic heterocycles. The molecule has 19 heavy (non-hydrogen) atoms. The number of hydrogen-bond donors (Lipinski definition) is 1. The maximum Gasteiger partial charge on any atom is 0.276 e. The van der Waals surface area contributed by atoms with Crippen LogP contribution in [-0.4, -0.2) is 33.7 Å². The van der Waals surface area contributed by atoms with Crippen molar-refractivity contribution in [3.8, 4) is 0 Å². The van der Waals surface area contributed by atoms with Gasteiger partial charge in [0.05, 0.1) is 5.69 Å². The van der Waals surface area contributed by atoms with E-state index in [0.717, 1.165) is 25.9 Å². The number of rotatable bonds is 7. The number of carbonyl (C=O) groups excluding carboxylic acids is 1. The average molecular weight is 266 g/mol. The zero-order chi connectivity index (χ0) is 14.4. The second-order valence-corrected chi connectivity index (χ2v) is 4.82. The first kappa shape index (κ1) is 15.5. The molecule has 0 bridgehead atoms. The molecular formula is C14H26N4O. The fraction of sp³-hybridized carbons (Fsp3) is 0.714. The van der Waals surface area contributed by atoms with Gasteiger partial charge in [0.1, 0.15) is 0 Å². The van der Waals surface area contributed by atoms with Crippen LogP contribution in [0.25, 0.3) is 0 Å². The fourth-order valence-electron chi connectivity index (χ4n) is 2.13. The Labute approximate surface area is 115 Å². The van der Waals surface area contributed by atoms with Crippen LogP contribution in [0.5, 0.6) is 0 Å². The Hall–Kier alpha value is -1.52. The summed E-state index contributed by atoms with van der Waals surface area (Å²) in [6, 6.07) is 0. The molecule has 0 spiro atoms. The molecule has 0 aliphatic carbocycles. The number of nitrogen functional groups attached to an aromatic ring is 1. The van der Waals surface area contributed by atoms with Crippen LogP contribution in [0.15, 0.2) is 6.20 Å². The monoisotopic (exact) mass is 266 g/mol. The predicted octanol–water partition coefficient (Wildman–Crippen LogP) is 2.38. The molecule has 0 aromatic carbocycles. The third-order valence-electron chi connectivity index (χ3n) is 3.62. The van der Waals surface area contributed by atoms with Crippen molar-refractivity contribution in [2.24, 2.45) is 5.92 Å². The van der Waals surface area contributed by atoms with Gasteiger partial charge in [0.2, 0.25) is 0 Å². The minimum Gasteiger partial charge on any atom is -0.396 e. The van der Waals surface area contributed by atoms with E-state index in [9.17, 15) is 4.79 Å². The lowest BCUT2D eigenvalue weighted by molar-refractivity contribution is 0.0729. The van der Waals surface area contributed by atoms with E-state index in [1.54, 1.807) is 10.9 Å². The van der Waals surface area contributed by atoms with Crippen LogP contribution in [0.4, 0.5) is 5.69 Å². The predicted molar refractivity (Wildman–Crippen MR) is 78.0 cm³/mol. The molecule has 5 heteroatoms. The highest BCUT2D eigenvalue weighted by Crippen LogP contribution is 2.15. The Balaban J connectivity index is 2.85. The summed E-state index contributed by atoms with van der Waals surface area (Å²) in [5.41, 5.74) is 6.73. The molecule has 0 aliphatic rings. The molecule has 0 radical (unpaired) electrons. The van der Waals surface area contributed by atoms with Crippen molar-refractivity contribution in [1.29, 1.82) is 0 Å². The average Bonchev–Trinajstić information content (AvgIpc) is 2.81. The minimum absolute atomic E-state index is 0.0564. The topological polar surface area (TPSA) is 64.2 Å². The Bertz CT molecular complexity index is 410. The molecule has 0 aliphatic heterocycles. The number of aromatic nitrogens is 2. The van der Waals surface area contributed by atoms with Gasteiger partial charge in [-0.2, -0.15) is 5.10 Å². The summed E-state index contributed by atoms with van der Waals surface area (Å²) in [7, 11) is 0. The van der Waals surface area contributed by atoms with Crippen LogP contribution in [-0.2, 0) is 6.54 Å². The van der Waals surface area contributed by atoms with E-state index in [1.807, 2.05) is 18.7 Å². The molecule has 0 saturated carbocycles. The number of nitrogens with zero attached hydrogens (tertiary/aromatic N) is 3. The van der Waals surface area contributed by atoms with Crippen LogP contribution in [0.1, 0.15) is 51.0 Å². The molecule has 0 fully saturated rings. The van der Waals surface area contributed by atoms with Crippen LogP contribution in [0.2, 0.25) is 0 Å². The molecule has 0 atom stereocenters. The first-order valence-electron chi connectivity index (χ1n) is 7.19. The molecule has 1 aromatic rings. The summed E-state index contributed by atoms with van der Waals surface area (Å²) in [6.45, 7) is 10.5. The zero-order valence-corrected chi connectivity index (χ0v) is 12.5. The van der Waals surface area contributed by atoms with Gasteiger partial charge in [0.25, 0.3) is 5.91 Å². The third kappa shape index (κ3) is 3.72. The molecule has 1 heterocycles. The van der Waals surface area contributed by atoms with Crippen molar-refractivity contribution < 1.29 is 4.79 Å². The van der Waals surface area contributed by atoms with Gasteiger partial charge >= 0.3 is 0 Å². The smallest absolute Gasteiger partial charge is 0.276 e. The summed E-state index contributed by atoms with van der Waals surface area (Å²) >= 11 is 0. The Morgan fingerprint density at radius 2 is 2.00 bits per heavy atom. The van der Waals surface area contributed by atoms with Crippen molar-refractivity contribution in [1.82, 2.24) is 14.7 Å². The molecule has 0 unspecified atom stereocenters. The van der Waals surface area contributed by atoms with E-state index >= 15 is 0 Å². The van der Waals surface area contributed by atoms with E-state index in [2.05, 4.69) is 18.9 Å². The van der Waals surface area contributed by atoms with Gasteiger partial charge in [0.15, 0.2) is 5.69 Å². The standard InChI is InChI=1S/C14H26N4O/c1-5-11(6-2)9-17(7-3)14(19)13-12(15)10-18(8-4)16-13/h10-11H,5-9,15H2,1-4H3. The van der Waals surface area contributed by atoms with Crippen LogP contribution in [0.3, 0.4) is 0 Å². The molecular weight excluding hydrogens is 240 g/mol. The second kappa shape index (κ2) is 7.16. The third-order valence-corrected chi connectivity index (χ3v) is 3.62. The fourth-order valence-corrected chi connectivity index (χ4v) is 2.13. The molecule has 5 nitrogen and oxygen atoms in total. The van der Waals surface area contributed by atoms with E-state index in [0.29, 0.717) is 23.8 Å². The van der Waals surface area contributed by atoms with Crippen molar-refractivity contribution in [2.45, 2.75) is 47.1 Å². The van der Waals surface area contributed by atoms with Crippen LogP contribution in [0, 0.1) is 5.92 Å². The largest absolute Gasteiger partial charge is 0.396 e. The SMILES string of the molecule is CCC(CC)CN(CC)C(=O)c1nn(CC)cc1N. The quantitative estimate of drug-likeness (QED) is 0.824. The second-order valence-electron chi connectivity index (χ2n) is 4.82. The maximum atomic E-state index is 12.5. The van der Waals surface area contributed by atoms with Crippen molar-refractivity contribution in [3.05, 3.63) is 11.9 Å². The Morgan fingerprint density at radius 1 is 1.37 bits per heavy atom. The highest BCUT2D eigenvalue weighted by atomic mass is 16.2. The summed E-state index contributed by atoms with van der Waals surface area (Å²) in [5, 5.41) is 4.26. The molecule has 1 amide bonds. The lowest BCUT2D eigenvalue weighted by atomic mass is 10.0. The van der Waals surface area contributed by atoms with Gasteiger partial charge in [-0.1, -0.05) is 26.7 Å². The number of amides is 1. The van der Waals surface area contributed by atoms with E-state index in [-0.39, 0.29) is 5.91 Å². The van der Waals surface area contributed by atoms with Crippen molar-refractivity contribution in [2.75, 3.05) is 18.8 Å². The van der Waals surface area contributed by atoms with Gasteiger partial charge in [-0.05, 0) is 19.8 Å². The minimum atomic E-state index is -0.0564. The van der Waals surface area contributed by atoms with Gasteiger partial charge in [-0.3, -0.25) is 9.48 Å². The summed E-state index contributed by atoms with van der Waals surface area (Å²) in [4.78, 5) is 14.3. The van der Waals surface area contributed by atoms with Crippen LogP contribution >= 0.6 is 0 Å². The number of nitrogens with two attached hydrogens (primary N) is 1. The highest BCUT2D eigenvalue weighted by Gasteiger charge is 2.22. The zero-order valence-electron chi connectivity index (χ0n) is 12.5. The Kier molecular flexibility index (Phi) is 5.86. The van der Waals surface area contributed by atoms with Crippen molar-refractivity contribution >= 4 is 11.6 Å². The van der Waals surface area contributed by atoms with Gasteiger partial charge < -0.3 is 10.6 Å². The van der Waals surface area contributed by atoms with Crippen LogP contribution < -0.4 is 5.73 Å². The Morgan fingerprint density at radius 3 is 2.42 bits per heavy atom. The molecule has 0 saturated heterocycles. The summed E-state index contributed by atoms with van der Waals surface area (Å²) < 4.78 is 1.70. The maximum absolute atomic E-state index is 12.5. The number of carbonyl (C=O) groups is 1. The lowest BCUT2D eigenvalue weighted by Crippen LogP contribution is -2.35. The molecule has 1 rings (SSSR count). The van der Waals surface area contributed by atoms with Gasteiger partial charge in [0, 0.05) is 25.8 Å². The normalized spacial score (nSPS) is 11.0. The van der Waals surface area contributed by atoms with Crippen molar-refractivity contribution in [3.63, 3.8) is 0 Å².